The zero-order chi connectivity index (χ0) is 27.4. The van der Waals surface area contributed by atoms with Crippen molar-refractivity contribution < 1.29 is 8.78 Å². The number of hydrogen-bond acceptors (Lipinski definition) is 2. The molecule has 0 aliphatic carbocycles. The van der Waals surface area contributed by atoms with Gasteiger partial charge in [-0.25, -0.2) is 18.8 Å². The van der Waals surface area contributed by atoms with E-state index in [1.165, 1.54) is 23.3 Å². The summed E-state index contributed by atoms with van der Waals surface area (Å²) in [6.45, 7) is 12.2. The molecule has 0 spiro atoms. The lowest BCUT2D eigenvalue weighted by molar-refractivity contribution is 0.212. The van der Waals surface area contributed by atoms with Crippen molar-refractivity contribution in [2.75, 3.05) is 19.8 Å². The Labute approximate surface area is 229 Å². The molecule has 0 bridgehead atoms. The van der Waals surface area contributed by atoms with Crippen LogP contribution in [-0.2, 0) is 12.8 Å². The van der Waals surface area contributed by atoms with Crippen LogP contribution in [0.25, 0.3) is 0 Å². The third-order valence-electron chi connectivity index (χ3n) is 6.93. The van der Waals surface area contributed by atoms with Gasteiger partial charge in [-0.05, 0) is 80.5 Å². The van der Waals surface area contributed by atoms with Gasteiger partial charge in [-0.3, -0.25) is 0 Å². The van der Waals surface area contributed by atoms with Crippen LogP contribution in [0.1, 0.15) is 55.0 Å². The van der Waals surface area contributed by atoms with Gasteiger partial charge in [-0.15, -0.1) is 0 Å². The minimum Gasteiger partial charge on any atom is -0.342 e. The van der Waals surface area contributed by atoms with Crippen LogP contribution in [0.15, 0.2) is 58.5 Å². The zero-order valence-electron chi connectivity index (χ0n) is 22.8. The van der Waals surface area contributed by atoms with E-state index in [0.29, 0.717) is 35.3 Å². The van der Waals surface area contributed by atoms with E-state index in [1.54, 1.807) is 0 Å². The van der Waals surface area contributed by atoms with E-state index >= 15 is 0 Å². The number of hydrogen-bond donors (Lipinski definition) is 0. The maximum Gasteiger partial charge on any atom is 0.138 e. The van der Waals surface area contributed by atoms with Crippen molar-refractivity contribution >= 4 is 34.6 Å². The molecule has 3 aromatic carbocycles. The quantitative estimate of drug-likeness (QED) is 0.243. The number of amidine groups is 2. The number of aliphatic imine (C=N–C) groups is 2. The normalized spacial score (nSPS) is 14.8. The Morgan fingerprint density at radius 3 is 2.11 bits per heavy atom. The smallest absolute Gasteiger partial charge is 0.138 e. The van der Waals surface area contributed by atoms with E-state index in [2.05, 4.69) is 41.8 Å². The van der Waals surface area contributed by atoms with Crippen molar-refractivity contribution in [3.05, 3.63) is 93.0 Å². The Morgan fingerprint density at radius 1 is 0.868 bits per heavy atom. The fourth-order valence-corrected chi connectivity index (χ4v) is 5.35. The molecule has 3 aromatic rings. The fourth-order valence-electron chi connectivity index (χ4n) is 4.98. The van der Waals surface area contributed by atoms with Gasteiger partial charge in [-0.1, -0.05) is 49.7 Å². The summed E-state index contributed by atoms with van der Waals surface area (Å²) in [5.74, 6) is 0.0983. The largest absolute Gasteiger partial charge is 0.342 e. The molecule has 7 heteroatoms. The second-order valence-electron chi connectivity index (χ2n) is 9.82. The first kappa shape index (κ1) is 27.8. The van der Waals surface area contributed by atoms with Gasteiger partial charge in [0.25, 0.3) is 0 Å². The SMILES string of the molecule is CCc1cccc(CC)c1/N=C(\C)N1CCCN(/C(=N/c2c(C)cc(C)cc2Cl)c2cc(F)cc(F)c2)C1. The second kappa shape index (κ2) is 12.1. The molecule has 0 radical (unpaired) electrons. The molecule has 200 valence electrons. The first-order valence-corrected chi connectivity index (χ1v) is 13.6. The second-order valence-corrected chi connectivity index (χ2v) is 10.2. The van der Waals surface area contributed by atoms with Crippen LogP contribution in [-0.4, -0.2) is 41.2 Å². The molecule has 38 heavy (non-hydrogen) atoms. The van der Waals surface area contributed by atoms with Crippen molar-refractivity contribution in [2.24, 2.45) is 9.98 Å². The average molecular weight is 537 g/mol. The highest BCUT2D eigenvalue weighted by Gasteiger charge is 2.24. The molecule has 1 aliphatic heterocycles. The molecule has 0 saturated carbocycles. The topological polar surface area (TPSA) is 31.2 Å². The number of nitrogens with zero attached hydrogens (tertiary/aromatic N) is 4. The van der Waals surface area contributed by atoms with Crippen LogP contribution < -0.4 is 0 Å². The van der Waals surface area contributed by atoms with Crippen LogP contribution in [0.3, 0.4) is 0 Å². The first-order valence-electron chi connectivity index (χ1n) is 13.2. The van der Waals surface area contributed by atoms with Gasteiger partial charge in [0.1, 0.15) is 23.3 Å². The summed E-state index contributed by atoms with van der Waals surface area (Å²) in [4.78, 5) is 14.2. The molecular formula is C31H35ClF2N4. The molecule has 1 aliphatic rings. The third-order valence-corrected chi connectivity index (χ3v) is 7.22. The van der Waals surface area contributed by atoms with Crippen molar-refractivity contribution in [2.45, 2.75) is 53.9 Å². The number of halogens is 3. The number of para-hydroxylation sites is 1. The van der Waals surface area contributed by atoms with Crippen LogP contribution in [0.4, 0.5) is 20.2 Å². The lowest BCUT2D eigenvalue weighted by Gasteiger charge is -2.38. The van der Waals surface area contributed by atoms with Gasteiger partial charge in [0.15, 0.2) is 0 Å². The molecule has 1 saturated heterocycles. The van der Waals surface area contributed by atoms with Gasteiger partial charge < -0.3 is 9.80 Å². The van der Waals surface area contributed by atoms with Gasteiger partial charge in [-0.2, -0.15) is 0 Å². The van der Waals surface area contributed by atoms with Gasteiger partial charge in [0.2, 0.25) is 0 Å². The minimum absolute atomic E-state index is 0.375. The summed E-state index contributed by atoms with van der Waals surface area (Å²) < 4.78 is 28.7. The fraction of sp³-hybridized carbons (Fsp3) is 0.355. The average Bonchev–Trinajstić information content (AvgIpc) is 2.87. The molecule has 0 aromatic heterocycles. The maximum atomic E-state index is 14.3. The lowest BCUT2D eigenvalue weighted by atomic mass is 10.0. The summed E-state index contributed by atoms with van der Waals surface area (Å²) in [5, 5.41) is 0.506. The van der Waals surface area contributed by atoms with Gasteiger partial charge >= 0.3 is 0 Å². The van der Waals surface area contributed by atoms with Crippen molar-refractivity contribution in [1.29, 1.82) is 0 Å². The lowest BCUT2D eigenvalue weighted by Crippen LogP contribution is -2.49. The molecule has 1 fully saturated rings. The molecule has 0 amide bonds. The standard InChI is InChI=1S/C31H35ClF2N4/c1-6-23-10-8-11-24(7-2)30(23)35-22(5)37-12-9-13-38(19-37)31(25-16-26(33)18-27(34)17-25)36-29-21(4)14-20(3)15-28(29)32/h8,10-11,14-18H,6-7,9,12-13,19H2,1-5H3/b35-22+,36-31+. The predicted octanol–water partition coefficient (Wildman–Crippen LogP) is 8.15. The number of rotatable bonds is 5. The maximum absolute atomic E-state index is 14.3. The molecule has 4 rings (SSSR count). The minimum atomic E-state index is -0.644. The van der Waals surface area contributed by atoms with Crippen molar-refractivity contribution in [3.8, 4) is 0 Å². The summed E-state index contributed by atoms with van der Waals surface area (Å²) in [7, 11) is 0. The zero-order valence-corrected chi connectivity index (χ0v) is 23.5. The first-order chi connectivity index (χ1) is 18.2. The van der Waals surface area contributed by atoms with E-state index in [-0.39, 0.29) is 0 Å². The summed E-state index contributed by atoms with van der Waals surface area (Å²) in [5.41, 5.74) is 6.39. The predicted molar refractivity (Wildman–Crippen MR) is 154 cm³/mol. The van der Waals surface area contributed by atoms with Crippen LogP contribution >= 0.6 is 11.6 Å². The van der Waals surface area contributed by atoms with E-state index < -0.39 is 11.6 Å². The van der Waals surface area contributed by atoms with Crippen LogP contribution in [0.5, 0.6) is 0 Å². The molecular weight excluding hydrogens is 502 g/mol. The van der Waals surface area contributed by atoms with Crippen molar-refractivity contribution in [3.63, 3.8) is 0 Å². The molecule has 4 nitrogen and oxygen atoms in total. The van der Waals surface area contributed by atoms with E-state index in [1.807, 2.05) is 32.9 Å². The van der Waals surface area contributed by atoms with E-state index in [0.717, 1.165) is 54.5 Å². The Bertz CT molecular complexity index is 1320. The monoisotopic (exact) mass is 536 g/mol. The third kappa shape index (κ3) is 6.24. The highest BCUT2D eigenvalue weighted by Crippen LogP contribution is 2.32. The number of aryl methyl sites for hydroxylation is 4. The summed E-state index contributed by atoms with van der Waals surface area (Å²) in [6.07, 6.45) is 2.66. The van der Waals surface area contributed by atoms with Crippen LogP contribution in [0.2, 0.25) is 5.02 Å². The molecule has 0 atom stereocenters. The molecule has 1 heterocycles. The van der Waals surface area contributed by atoms with Crippen molar-refractivity contribution in [1.82, 2.24) is 9.80 Å². The summed E-state index contributed by atoms with van der Waals surface area (Å²) >= 11 is 6.59. The Morgan fingerprint density at radius 2 is 1.50 bits per heavy atom. The molecule has 0 N–H and O–H groups in total. The Hall–Kier alpha value is -3.25. The van der Waals surface area contributed by atoms with E-state index in [9.17, 15) is 8.78 Å². The highest BCUT2D eigenvalue weighted by molar-refractivity contribution is 6.33. The van der Waals surface area contributed by atoms with Crippen LogP contribution in [0, 0.1) is 25.5 Å². The van der Waals surface area contributed by atoms with Gasteiger partial charge in [0.05, 0.1) is 23.1 Å². The molecule has 0 unspecified atom stereocenters. The highest BCUT2D eigenvalue weighted by atomic mass is 35.5. The Balaban J connectivity index is 1.75. The number of benzene rings is 3. The summed E-state index contributed by atoms with van der Waals surface area (Å²) in [6, 6.07) is 13.7. The van der Waals surface area contributed by atoms with E-state index in [4.69, 9.17) is 21.6 Å². The Kier molecular flexibility index (Phi) is 8.83. The van der Waals surface area contributed by atoms with Gasteiger partial charge in [0, 0.05) is 24.7 Å².